The van der Waals surface area contributed by atoms with E-state index in [4.69, 9.17) is 17.0 Å². The molecule has 0 bridgehead atoms. The van der Waals surface area contributed by atoms with Gasteiger partial charge in [0, 0.05) is 28.2 Å². The smallest absolute Gasteiger partial charge is 0.229 e. The van der Waals surface area contributed by atoms with E-state index in [9.17, 15) is 4.79 Å². The Morgan fingerprint density at radius 2 is 2.03 bits per heavy atom. The fourth-order valence-corrected chi connectivity index (χ4v) is 5.55. The van der Waals surface area contributed by atoms with Crippen molar-refractivity contribution >= 4 is 61.9 Å². The number of halogens is 1. The molecule has 1 fully saturated rings. The molecule has 0 aliphatic carbocycles. The third kappa shape index (κ3) is 4.90. The van der Waals surface area contributed by atoms with Crippen LogP contribution in [0.1, 0.15) is 43.4 Å². The molecule has 3 aromatic rings. The van der Waals surface area contributed by atoms with Gasteiger partial charge in [-0.15, -0.1) is 11.3 Å². The number of thiocarbonyl (C=S) groups is 1. The molecular weight excluding hydrogens is 520 g/mol. The summed E-state index contributed by atoms with van der Waals surface area (Å²) >= 11 is 11.0. The lowest BCUT2D eigenvalue weighted by Gasteiger charge is -2.27. The summed E-state index contributed by atoms with van der Waals surface area (Å²) in [6.45, 7) is 5.62. The van der Waals surface area contributed by atoms with Crippen molar-refractivity contribution in [3.8, 4) is 5.75 Å². The maximum Gasteiger partial charge on any atom is 0.229 e. The maximum atomic E-state index is 12.5. The number of ether oxygens (including phenoxy) is 1. The van der Waals surface area contributed by atoms with Crippen LogP contribution in [0.3, 0.4) is 0 Å². The van der Waals surface area contributed by atoms with Gasteiger partial charge in [0.2, 0.25) is 5.91 Å². The predicted molar refractivity (Wildman–Crippen MR) is 141 cm³/mol. The van der Waals surface area contributed by atoms with Gasteiger partial charge in [-0.25, -0.2) is 0 Å². The summed E-state index contributed by atoms with van der Waals surface area (Å²) in [4.78, 5) is 20.3. The summed E-state index contributed by atoms with van der Waals surface area (Å²) in [6, 6.07) is 15.5. The monoisotopic (exact) mass is 544 g/mol. The second-order valence-electron chi connectivity index (χ2n) is 8.73. The van der Waals surface area contributed by atoms with Crippen LogP contribution < -0.4 is 20.3 Å². The lowest BCUT2D eigenvalue weighted by molar-refractivity contribution is -0.123. The molecule has 1 aliphatic heterocycles. The topological polar surface area (TPSA) is 66.5 Å². The van der Waals surface area contributed by atoms with Crippen molar-refractivity contribution in [3.63, 3.8) is 0 Å². The molecule has 1 saturated heterocycles. The molecule has 9 heteroatoms. The summed E-state index contributed by atoms with van der Waals surface area (Å²) < 4.78 is 6.68. The Kier molecular flexibility index (Phi) is 6.74. The van der Waals surface area contributed by atoms with E-state index in [-0.39, 0.29) is 18.0 Å². The SMILES string of the molecule is COc1cc(N2C(=S)N[C@H](c3ccccn3)[C@@H]2c2ccc(Br)s2)ccc1NC(=O)C(C)(C)C. The molecule has 1 aromatic carbocycles. The van der Waals surface area contributed by atoms with E-state index in [2.05, 4.69) is 42.5 Å². The molecule has 4 rings (SSSR count). The van der Waals surface area contributed by atoms with Crippen LogP contribution >= 0.6 is 39.5 Å². The highest BCUT2D eigenvalue weighted by Gasteiger charge is 2.41. The van der Waals surface area contributed by atoms with Crippen LogP contribution in [0.5, 0.6) is 5.75 Å². The highest BCUT2D eigenvalue weighted by Crippen LogP contribution is 2.45. The summed E-state index contributed by atoms with van der Waals surface area (Å²) in [5.41, 5.74) is 1.89. The largest absolute Gasteiger partial charge is 0.494 e. The van der Waals surface area contributed by atoms with Gasteiger partial charge in [0.25, 0.3) is 0 Å². The van der Waals surface area contributed by atoms with Crippen molar-refractivity contribution < 1.29 is 9.53 Å². The highest BCUT2D eigenvalue weighted by molar-refractivity contribution is 9.11. The van der Waals surface area contributed by atoms with E-state index in [1.165, 1.54) is 0 Å². The van der Waals surface area contributed by atoms with Gasteiger partial charge in [-0.05, 0) is 64.5 Å². The number of carbonyl (C=O) groups is 1. The minimum atomic E-state index is -0.516. The van der Waals surface area contributed by atoms with Crippen molar-refractivity contribution in [2.45, 2.75) is 32.9 Å². The van der Waals surface area contributed by atoms with Crippen LogP contribution in [0.2, 0.25) is 0 Å². The molecule has 0 saturated carbocycles. The van der Waals surface area contributed by atoms with E-state index in [1.807, 2.05) is 63.2 Å². The first kappa shape index (κ1) is 23.7. The third-order valence-corrected chi connectivity index (χ3v) is 7.39. The number of hydrogen-bond donors (Lipinski definition) is 2. The average Bonchev–Trinajstić information content (AvgIpc) is 3.36. The van der Waals surface area contributed by atoms with E-state index in [1.54, 1.807) is 24.6 Å². The molecule has 2 atom stereocenters. The summed E-state index contributed by atoms with van der Waals surface area (Å²) in [5.74, 6) is 0.490. The Bertz CT molecular complexity index is 1180. The van der Waals surface area contributed by atoms with Gasteiger partial charge in [0.1, 0.15) is 5.75 Å². The van der Waals surface area contributed by atoms with Crippen LogP contribution in [0.4, 0.5) is 11.4 Å². The summed E-state index contributed by atoms with van der Waals surface area (Å²) in [6.07, 6.45) is 1.79. The van der Waals surface area contributed by atoms with E-state index in [0.717, 1.165) is 20.0 Å². The molecule has 6 nitrogen and oxygen atoms in total. The van der Waals surface area contributed by atoms with Gasteiger partial charge in [0.15, 0.2) is 5.11 Å². The van der Waals surface area contributed by atoms with Crippen molar-refractivity contribution in [3.05, 3.63) is 69.1 Å². The van der Waals surface area contributed by atoms with Crippen LogP contribution in [0, 0.1) is 5.41 Å². The Morgan fingerprint density at radius 3 is 2.64 bits per heavy atom. The number of thiophene rings is 1. The number of rotatable bonds is 5. The lowest BCUT2D eigenvalue weighted by Crippen LogP contribution is -2.29. The van der Waals surface area contributed by atoms with Gasteiger partial charge in [-0.2, -0.15) is 0 Å². The normalized spacial score (nSPS) is 18.2. The fraction of sp³-hybridized carbons (Fsp3) is 0.292. The first-order valence-electron chi connectivity index (χ1n) is 10.4. The molecule has 0 spiro atoms. The van der Waals surface area contributed by atoms with Crippen LogP contribution in [0.25, 0.3) is 0 Å². The Morgan fingerprint density at radius 1 is 1.24 bits per heavy atom. The van der Waals surface area contributed by atoms with E-state index in [0.29, 0.717) is 16.5 Å². The average molecular weight is 546 g/mol. The minimum Gasteiger partial charge on any atom is -0.494 e. The number of benzene rings is 1. The van der Waals surface area contributed by atoms with Gasteiger partial charge in [-0.1, -0.05) is 26.8 Å². The van der Waals surface area contributed by atoms with Gasteiger partial charge < -0.3 is 20.3 Å². The lowest BCUT2D eigenvalue weighted by atomic mass is 9.95. The molecule has 3 heterocycles. The number of pyridine rings is 1. The zero-order valence-electron chi connectivity index (χ0n) is 18.8. The molecule has 0 unspecified atom stereocenters. The Labute approximate surface area is 211 Å². The number of nitrogens with one attached hydrogen (secondary N) is 2. The second-order valence-corrected chi connectivity index (χ2v) is 11.6. The number of methoxy groups -OCH3 is 1. The standard InChI is InChI=1S/C24H25BrN4O2S2/c1-24(2,3)22(30)27-15-9-8-14(13-17(15)31-4)29-21(18-10-11-19(25)33-18)20(28-23(29)32)16-7-5-6-12-26-16/h5-13,20-21H,1-4H3,(H,27,30)(H,28,32)/t20-,21+/m1/s1. The number of nitrogens with zero attached hydrogens (tertiary/aromatic N) is 2. The quantitative estimate of drug-likeness (QED) is 0.379. The first-order valence-corrected chi connectivity index (χ1v) is 12.5. The zero-order valence-corrected chi connectivity index (χ0v) is 22.0. The molecular formula is C24H25BrN4O2S2. The van der Waals surface area contributed by atoms with Crippen LogP contribution in [-0.2, 0) is 4.79 Å². The number of carbonyl (C=O) groups excluding carboxylic acids is 1. The second kappa shape index (κ2) is 9.40. The number of amides is 1. The Hall–Kier alpha value is -2.49. The Balaban J connectivity index is 1.74. The van der Waals surface area contributed by atoms with Gasteiger partial charge >= 0.3 is 0 Å². The van der Waals surface area contributed by atoms with Crippen molar-refractivity contribution in [1.82, 2.24) is 10.3 Å². The molecule has 1 aliphatic rings. The number of hydrogen-bond acceptors (Lipinski definition) is 5. The van der Waals surface area contributed by atoms with Crippen molar-refractivity contribution in [2.24, 2.45) is 5.41 Å². The van der Waals surface area contributed by atoms with Crippen LogP contribution in [-0.4, -0.2) is 23.1 Å². The van der Waals surface area contributed by atoms with Gasteiger partial charge in [-0.3, -0.25) is 9.78 Å². The van der Waals surface area contributed by atoms with Crippen LogP contribution in [0.15, 0.2) is 58.5 Å². The molecule has 1 amide bonds. The van der Waals surface area contributed by atoms with E-state index < -0.39 is 5.41 Å². The minimum absolute atomic E-state index is 0.0801. The molecule has 172 valence electrons. The molecule has 2 N–H and O–H groups in total. The zero-order chi connectivity index (χ0) is 23.8. The van der Waals surface area contributed by atoms with Crippen molar-refractivity contribution in [2.75, 3.05) is 17.3 Å². The first-order chi connectivity index (χ1) is 15.7. The predicted octanol–water partition coefficient (Wildman–Crippen LogP) is 6.08. The summed E-state index contributed by atoms with van der Waals surface area (Å²) in [7, 11) is 1.59. The van der Waals surface area contributed by atoms with E-state index >= 15 is 0 Å². The summed E-state index contributed by atoms with van der Waals surface area (Å²) in [5, 5.41) is 7.03. The molecule has 33 heavy (non-hydrogen) atoms. The third-order valence-electron chi connectivity index (χ3n) is 5.38. The molecule has 0 radical (unpaired) electrons. The molecule has 2 aromatic heterocycles. The van der Waals surface area contributed by atoms with Gasteiger partial charge in [0.05, 0.1) is 34.4 Å². The maximum absolute atomic E-state index is 12.5. The number of anilines is 2. The van der Waals surface area contributed by atoms with Crippen molar-refractivity contribution in [1.29, 1.82) is 0 Å². The highest BCUT2D eigenvalue weighted by atomic mass is 79.9. The number of aromatic nitrogens is 1. The fourth-order valence-electron chi connectivity index (χ4n) is 3.65.